The van der Waals surface area contributed by atoms with Gasteiger partial charge >= 0.3 is 0 Å². The van der Waals surface area contributed by atoms with Crippen LogP contribution in [0.3, 0.4) is 0 Å². The Kier molecular flexibility index (Phi) is 5.72. The minimum atomic E-state index is -3.99. The summed E-state index contributed by atoms with van der Waals surface area (Å²) in [6.07, 6.45) is 8.12. The molecule has 0 saturated heterocycles. The number of aromatic nitrogens is 1. The van der Waals surface area contributed by atoms with Gasteiger partial charge in [-0.05, 0) is 44.2 Å². The van der Waals surface area contributed by atoms with Crippen LogP contribution in [0, 0.1) is 17.2 Å². The van der Waals surface area contributed by atoms with E-state index in [0.717, 1.165) is 12.1 Å². The third-order valence-electron chi connectivity index (χ3n) is 5.63. The second-order valence-electron chi connectivity index (χ2n) is 7.25. The quantitative estimate of drug-likeness (QED) is 0.746. The highest BCUT2D eigenvalue weighted by molar-refractivity contribution is 7.91. The van der Waals surface area contributed by atoms with Crippen LogP contribution in [0.25, 0.3) is 10.9 Å². The number of hydrogen-bond donors (Lipinski definition) is 1. The minimum absolute atomic E-state index is 0. The van der Waals surface area contributed by atoms with Crippen LogP contribution in [0.15, 0.2) is 66.2 Å². The third-order valence-corrected chi connectivity index (χ3v) is 7.95. The van der Waals surface area contributed by atoms with E-state index in [-0.39, 0.29) is 18.0 Å². The highest BCUT2D eigenvalue weighted by Gasteiger charge is 2.47. The zero-order valence-electron chi connectivity index (χ0n) is 15.8. The first-order chi connectivity index (χ1) is 13.4. The predicted octanol–water partition coefficient (Wildman–Crippen LogP) is 3.83. The van der Waals surface area contributed by atoms with Gasteiger partial charge in [-0.3, -0.25) is 0 Å². The van der Waals surface area contributed by atoms with Crippen LogP contribution < -0.4 is 5.32 Å². The monoisotopic (exact) mass is 433 g/mol. The number of rotatable bonds is 3. The zero-order chi connectivity index (χ0) is 19.9. The van der Waals surface area contributed by atoms with E-state index in [0.29, 0.717) is 23.9 Å². The molecule has 0 fully saturated rings. The van der Waals surface area contributed by atoms with Crippen molar-refractivity contribution in [1.82, 2.24) is 9.29 Å². The summed E-state index contributed by atoms with van der Waals surface area (Å²) in [5.41, 5.74) is 1.54. The van der Waals surface area contributed by atoms with Crippen LogP contribution in [0.1, 0.15) is 18.9 Å². The van der Waals surface area contributed by atoms with Crippen molar-refractivity contribution < 1.29 is 12.8 Å². The van der Waals surface area contributed by atoms with Crippen molar-refractivity contribution >= 4 is 33.3 Å². The van der Waals surface area contributed by atoms with Crippen molar-refractivity contribution in [2.45, 2.75) is 18.1 Å². The van der Waals surface area contributed by atoms with Crippen LogP contribution in [0.2, 0.25) is 0 Å². The van der Waals surface area contributed by atoms with Gasteiger partial charge in [0.2, 0.25) is 10.0 Å². The molecule has 152 valence electrons. The Morgan fingerprint density at radius 2 is 2.14 bits per heavy atom. The Balaban J connectivity index is 0.00000240. The Morgan fingerprint density at radius 1 is 1.34 bits per heavy atom. The maximum atomic E-state index is 14.1. The van der Waals surface area contributed by atoms with Crippen LogP contribution in [0.5, 0.6) is 0 Å². The number of halogens is 2. The van der Waals surface area contributed by atoms with Crippen LogP contribution in [-0.4, -0.2) is 30.2 Å². The third kappa shape index (κ3) is 3.31. The van der Waals surface area contributed by atoms with Crippen molar-refractivity contribution in [2.24, 2.45) is 5.92 Å². The number of nitriles is 1. The molecule has 1 aromatic heterocycles. The summed E-state index contributed by atoms with van der Waals surface area (Å²) in [4.78, 5) is 0. The smallest absolute Gasteiger partial charge is 0.249 e. The van der Waals surface area contributed by atoms with Gasteiger partial charge in [-0.1, -0.05) is 29.9 Å². The van der Waals surface area contributed by atoms with Gasteiger partial charge in [-0.2, -0.15) is 5.26 Å². The van der Waals surface area contributed by atoms with E-state index < -0.39 is 26.5 Å². The molecular weight excluding hydrogens is 413 g/mol. The number of benzene rings is 1. The van der Waals surface area contributed by atoms with E-state index in [1.165, 1.54) is 28.4 Å². The summed E-state index contributed by atoms with van der Waals surface area (Å²) < 4.78 is 41.6. The van der Waals surface area contributed by atoms with E-state index in [9.17, 15) is 18.1 Å². The van der Waals surface area contributed by atoms with Crippen LogP contribution in [-0.2, 0) is 10.0 Å². The second-order valence-corrected chi connectivity index (χ2v) is 9.47. The van der Waals surface area contributed by atoms with Gasteiger partial charge in [0.25, 0.3) is 0 Å². The number of nitrogens with zero attached hydrogens (tertiary/aromatic N) is 2. The lowest BCUT2D eigenvalue weighted by atomic mass is 9.80. The number of hydrogen-bond acceptors (Lipinski definition) is 4. The molecule has 1 aliphatic heterocycles. The van der Waals surface area contributed by atoms with Gasteiger partial charge in [0.15, 0.2) is 0 Å². The molecule has 4 rings (SSSR count). The molecular formula is C21H21ClFN3O2S. The number of allylic oxidation sites excluding steroid dienone is 3. The minimum Gasteiger partial charge on any atom is -0.313 e. The Hall–Kier alpha value is -2.40. The van der Waals surface area contributed by atoms with E-state index >= 15 is 0 Å². The molecule has 0 saturated carbocycles. The van der Waals surface area contributed by atoms with E-state index in [2.05, 4.69) is 11.4 Å². The fourth-order valence-electron chi connectivity index (χ4n) is 4.04. The first-order valence-corrected chi connectivity index (χ1v) is 10.5. The average Bonchev–Trinajstić information content (AvgIpc) is 3.15. The summed E-state index contributed by atoms with van der Waals surface area (Å²) in [5, 5.41) is 13.3. The normalized spacial score (nSPS) is 24.4. The van der Waals surface area contributed by atoms with Gasteiger partial charge in [0.05, 0.1) is 11.1 Å². The second kappa shape index (κ2) is 7.79. The largest absolute Gasteiger partial charge is 0.313 e. The molecule has 2 atom stereocenters. The highest BCUT2D eigenvalue weighted by atomic mass is 35.5. The van der Waals surface area contributed by atoms with Crippen molar-refractivity contribution in [3.05, 3.63) is 71.7 Å². The maximum absolute atomic E-state index is 14.1. The lowest BCUT2D eigenvalue weighted by Crippen LogP contribution is -2.46. The number of nitrogens with one attached hydrogen (secondary N) is 1. The summed E-state index contributed by atoms with van der Waals surface area (Å²) in [5.74, 6) is -1.05. The molecule has 0 amide bonds. The molecule has 2 aliphatic rings. The molecule has 2 heterocycles. The Bertz CT molecular complexity index is 1190. The van der Waals surface area contributed by atoms with Crippen molar-refractivity contribution in [1.29, 1.82) is 5.26 Å². The fraction of sp³-hybridized carbons (Fsp3) is 0.286. The molecule has 2 aromatic rings. The topological polar surface area (TPSA) is 74.9 Å². The molecule has 0 bridgehead atoms. The molecule has 1 aliphatic carbocycles. The van der Waals surface area contributed by atoms with Gasteiger partial charge < -0.3 is 5.32 Å². The predicted molar refractivity (Wildman–Crippen MR) is 114 cm³/mol. The summed E-state index contributed by atoms with van der Waals surface area (Å²) in [6.45, 7) is 2.98. The summed E-state index contributed by atoms with van der Waals surface area (Å²) in [6, 6.07) is 8.84. The molecule has 29 heavy (non-hydrogen) atoms. The summed E-state index contributed by atoms with van der Waals surface area (Å²) in [7, 11) is -3.99. The van der Waals surface area contributed by atoms with Gasteiger partial charge in [0, 0.05) is 24.0 Å². The Labute approximate surface area is 175 Å². The van der Waals surface area contributed by atoms with Gasteiger partial charge in [-0.25, -0.2) is 16.8 Å². The van der Waals surface area contributed by atoms with E-state index in [1.54, 1.807) is 31.2 Å². The first kappa shape index (κ1) is 21.3. The molecule has 0 radical (unpaired) electrons. The van der Waals surface area contributed by atoms with Crippen molar-refractivity contribution in [3.8, 4) is 6.07 Å². The molecule has 1 aromatic carbocycles. The lowest BCUT2D eigenvalue weighted by Gasteiger charge is -2.37. The fourth-order valence-corrected chi connectivity index (χ4v) is 5.91. The van der Waals surface area contributed by atoms with Crippen molar-refractivity contribution in [2.75, 3.05) is 13.1 Å². The lowest BCUT2D eigenvalue weighted by molar-refractivity contribution is 0.490. The Morgan fingerprint density at radius 3 is 2.83 bits per heavy atom. The SMILES string of the molecule is CC1(S(=O)(=O)n2ccc3cccc(C#N)c32)C=CC(F)=CC1C1=CCNCC1.Cl. The molecule has 8 heteroatoms. The number of fused-ring (bicyclic) bond motifs is 1. The molecule has 1 N–H and O–H groups in total. The van der Waals surface area contributed by atoms with Crippen LogP contribution >= 0.6 is 12.4 Å². The number of para-hydroxylation sites is 1. The maximum Gasteiger partial charge on any atom is 0.249 e. The molecule has 0 spiro atoms. The van der Waals surface area contributed by atoms with Gasteiger partial charge in [0.1, 0.15) is 16.6 Å². The molecule has 2 unspecified atom stereocenters. The average molecular weight is 434 g/mol. The van der Waals surface area contributed by atoms with Gasteiger partial charge in [-0.15, -0.1) is 12.4 Å². The summed E-state index contributed by atoms with van der Waals surface area (Å²) >= 11 is 0. The van der Waals surface area contributed by atoms with E-state index in [1.807, 2.05) is 6.08 Å². The first-order valence-electron chi connectivity index (χ1n) is 9.10. The zero-order valence-corrected chi connectivity index (χ0v) is 17.4. The van der Waals surface area contributed by atoms with E-state index in [4.69, 9.17) is 0 Å². The van der Waals surface area contributed by atoms with Crippen molar-refractivity contribution in [3.63, 3.8) is 0 Å². The highest BCUT2D eigenvalue weighted by Crippen LogP contribution is 2.42. The van der Waals surface area contributed by atoms with Crippen LogP contribution in [0.4, 0.5) is 4.39 Å². The molecule has 5 nitrogen and oxygen atoms in total. The standard InChI is InChI=1S/C21H20FN3O2S.ClH/c1-21(9-5-18(22)13-19(21)15-6-10-24-11-7-15)28(26,27)25-12-8-16-3-2-4-17(14-23)20(16)25;/h2-6,8-9,12-13,19,24H,7,10-11H2,1H3;1H.